The van der Waals surface area contributed by atoms with Crippen LogP contribution in [0.5, 0.6) is 11.5 Å². The molecule has 1 aliphatic rings. The molecule has 1 aromatic heterocycles. The van der Waals surface area contributed by atoms with E-state index in [4.69, 9.17) is 9.47 Å². The molecule has 0 aliphatic carbocycles. The van der Waals surface area contributed by atoms with E-state index >= 15 is 0 Å². The Morgan fingerprint density at radius 2 is 1.78 bits per heavy atom. The number of carbonyl (C=O) groups excluding carboxylic acids is 2. The highest BCUT2D eigenvalue weighted by Gasteiger charge is 2.46. The fourth-order valence-corrected chi connectivity index (χ4v) is 4.67. The van der Waals surface area contributed by atoms with Crippen LogP contribution >= 0.6 is 0 Å². The third-order valence-corrected chi connectivity index (χ3v) is 6.53. The van der Waals surface area contributed by atoms with Gasteiger partial charge in [0.05, 0.1) is 32.4 Å². The Hall–Kier alpha value is -4.13. The maximum Gasteiger partial charge on any atom is 0.295 e. The fraction of sp³-hybridized carbons (Fsp3) is 0.276. The molecular weight excluding hydrogens is 456 g/mol. The molecule has 0 spiro atoms. The zero-order valence-corrected chi connectivity index (χ0v) is 21.1. The summed E-state index contributed by atoms with van der Waals surface area (Å²) in [5.74, 6) is -0.207. The number of hydrogen-bond donors (Lipinski definition) is 1. The number of aryl methyl sites for hydroxylation is 1. The number of carbonyl (C=O) groups is 2. The molecule has 186 valence electrons. The van der Waals surface area contributed by atoms with Gasteiger partial charge in [-0.2, -0.15) is 0 Å². The second-order valence-corrected chi connectivity index (χ2v) is 9.09. The van der Waals surface area contributed by atoms with Crippen LogP contribution in [0.2, 0.25) is 0 Å². The summed E-state index contributed by atoms with van der Waals surface area (Å²) in [6.45, 7) is 6.02. The van der Waals surface area contributed by atoms with Gasteiger partial charge in [0.2, 0.25) is 0 Å². The first-order valence-electron chi connectivity index (χ1n) is 11.8. The van der Waals surface area contributed by atoms with Crippen LogP contribution in [0.4, 0.5) is 0 Å². The maximum atomic E-state index is 13.4. The predicted molar refractivity (Wildman–Crippen MR) is 137 cm³/mol. The fourth-order valence-electron chi connectivity index (χ4n) is 4.67. The molecule has 1 amide bonds. The van der Waals surface area contributed by atoms with E-state index in [1.54, 1.807) is 44.8 Å². The molecule has 1 saturated heterocycles. The number of methoxy groups -OCH3 is 2. The summed E-state index contributed by atoms with van der Waals surface area (Å²) in [5.41, 5.74) is 3.52. The Balaban J connectivity index is 1.91. The Labute approximate surface area is 211 Å². The zero-order chi connectivity index (χ0) is 26.0. The van der Waals surface area contributed by atoms with Gasteiger partial charge in [-0.3, -0.25) is 14.6 Å². The number of aromatic nitrogens is 1. The molecule has 7 nitrogen and oxygen atoms in total. The van der Waals surface area contributed by atoms with Crippen molar-refractivity contribution in [2.24, 2.45) is 0 Å². The van der Waals surface area contributed by atoms with E-state index in [-0.39, 0.29) is 23.8 Å². The van der Waals surface area contributed by atoms with E-state index in [0.717, 1.165) is 16.7 Å². The molecule has 1 atom stereocenters. The topological polar surface area (TPSA) is 89.0 Å². The molecule has 0 radical (unpaired) electrons. The largest absolute Gasteiger partial charge is 0.507 e. The Morgan fingerprint density at radius 1 is 1.06 bits per heavy atom. The molecule has 0 saturated carbocycles. The quantitative estimate of drug-likeness (QED) is 0.282. The van der Waals surface area contributed by atoms with Crippen LogP contribution in [0, 0.1) is 6.92 Å². The molecule has 1 aliphatic heterocycles. The molecule has 4 rings (SSSR count). The molecule has 1 fully saturated rings. The number of para-hydroxylation sites is 1. The zero-order valence-electron chi connectivity index (χ0n) is 21.1. The molecule has 1 unspecified atom stereocenters. The summed E-state index contributed by atoms with van der Waals surface area (Å²) in [6, 6.07) is 13.7. The highest BCUT2D eigenvalue weighted by Crippen LogP contribution is 2.42. The van der Waals surface area contributed by atoms with Gasteiger partial charge in [-0.05, 0) is 53.8 Å². The van der Waals surface area contributed by atoms with Crippen molar-refractivity contribution >= 4 is 17.4 Å². The summed E-state index contributed by atoms with van der Waals surface area (Å²) in [4.78, 5) is 32.4. The number of aliphatic hydroxyl groups is 1. The predicted octanol–water partition coefficient (Wildman–Crippen LogP) is 5.15. The lowest BCUT2D eigenvalue weighted by molar-refractivity contribution is -0.140. The second kappa shape index (κ2) is 10.2. The van der Waals surface area contributed by atoms with Crippen molar-refractivity contribution in [3.8, 4) is 11.5 Å². The lowest BCUT2D eigenvalue weighted by atomic mass is 9.91. The van der Waals surface area contributed by atoms with Gasteiger partial charge in [0.25, 0.3) is 11.7 Å². The number of ketones is 1. The number of hydrogen-bond acceptors (Lipinski definition) is 6. The van der Waals surface area contributed by atoms with Gasteiger partial charge in [0.15, 0.2) is 0 Å². The van der Waals surface area contributed by atoms with Gasteiger partial charge in [-0.25, -0.2) is 0 Å². The van der Waals surface area contributed by atoms with Crippen molar-refractivity contribution in [2.45, 2.75) is 39.3 Å². The molecule has 0 bridgehead atoms. The smallest absolute Gasteiger partial charge is 0.295 e. The highest BCUT2D eigenvalue weighted by atomic mass is 16.5. The van der Waals surface area contributed by atoms with Crippen molar-refractivity contribution in [2.75, 3.05) is 14.2 Å². The average Bonchev–Trinajstić information content (AvgIpc) is 3.13. The van der Waals surface area contributed by atoms with Crippen LogP contribution in [0.15, 0.2) is 66.5 Å². The van der Waals surface area contributed by atoms with E-state index in [9.17, 15) is 14.7 Å². The van der Waals surface area contributed by atoms with E-state index in [1.165, 1.54) is 4.90 Å². The third kappa shape index (κ3) is 4.44. The number of rotatable bonds is 7. The molecule has 2 aromatic carbocycles. The second-order valence-electron chi connectivity index (χ2n) is 9.09. The van der Waals surface area contributed by atoms with Crippen LogP contribution < -0.4 is 9.47 Å². The SMILES string of the molecule is COc1ccccc1CN1C(=O)C(=O)/C(=C(/O)c2cc(C(C)C)c(OC)cc2C)C1c1cccnc1. The average molecular weight is 487 g/mol. The number of amides is 1. The van der Waals surface area contributed by atoms with E-state index in [1.807, 2.05) is 51.1 Å². The normalized spacial score (nSPS) is 17.1. The van der Waals surface area contributed by atoms with Crippen LogP contribution in [0.25, 0.3) is 5.76 Å². The summed E-state index contributed by atoms with van der Waals surface area (Å²) < 4.78 is 11.0. The number of nitrogens with zero attached hydrogens (tertiary/aromatic N) is 2. The van der Waals surface area contributed by atoms with Gasteiger partial charge in [0.1, 0.15) is 17.3 Å². The van der Waals surface area contributed by atoms with Crippen molar-refractivity contribution < 1.29 is 24.2 Å². The third-order valence-electron chi connectivity index (χ3n) is 6.53. The summed E-state index contributed by atoms with van der Waals surface area (Å²) in [5, 5.41) is 11.6. The van der Waals surface area contributed by atoms with Gasteiger partial charge in [-0.1, -0.05) is 38.1 Å². The van der Waals surface area contributed by atoms with Crippen molar-refractivity contribution in [1.29, 1.82) is 0 Å². The number of aliphatic hydroxyl groups excluding tert-OH is 1. The van der Waals surface area contributed by atoms with Crippen LogP contribution in [-0.4, -0.2) is 40.9 Å². The highest BCUT2D eigenvalue weighted by molar-refractivity contribution is 6.46. The van der Waals surface area contributed by atoms with Gasteiger partial charge >= 0.3 is 0 Å². The summed E-state index contributed by atoms with van der Waals surface area (Å²) >= 11 is 0. The minimum Gasteiger partial charge on any atom is -0.507 e. The van der Waals surface area contributed by atoms with Crippen molar-refractivity contribution in [3.63, 3.8) is 0 Å². The first kappa shape index (κ1) is 25.0. The first-order chi connectivity index (χ1) is 17.3. The Kier molecular flexibility index (Phi) is 7.10. The van der Waals surface area contributed by atoms with Crippen LogP contribution in [-0.2, 0) is 16.1 Å². The van der Waals surface area contributed by atoms with Gasteiger partial charge in [0, 0.05) is 23.5 Å². The monoisotopic (exact) mass is 486 g/mol. The number of likely N-dealkylation sites (tertiary alicyclic amines) is 1. The number of benzene rings is 2. The Morgan fingerprint density at radius 3 is 2.42 bits per heavy atom. The lowest BCUT2D eigenvalue weighted by Gasteiger charge is -2.26. The van der Waals surface area contributed by atoms with E-state index in [2.05, 4.69) is 4.98 Å². The first-order valence-corrected chi connectivity index (χ1v) is 11.8. The molecule has 7 heteroatoms. The summed E-state index contributed by atoms with van der Waals surface area (Å²) in [6.07, 6.45) is 3.23. The van der Waals surface area contributed by atoms with Crippen molar-refractivity contribution in [1.82, 2.24) is 9.88 Å². The Bertz CT molecular complexity index is 1330. The minimum atomic E-state index is -0.812. The lowest BCUT2D eigenvalue weighted by Crippen LogP contribution is -2.29. The van der Waals surface area contributed by atoms with E-state index in [0.29, 0.717) is 22.6 Å². The molecule has 2 heterocycles. The van der Waals surface area contributed by atoms with E-state index < -0.39 is 17.7 Å². The molecular formula is C29H30N2O5. The summed E-state index contributed by atoms with van der Waals surface area (Å²) in [7, 11) is 3.16. The maximum absolute atomic E-state index is 13.4. The molecule has 1 N–H and O–H groups in total. The van der Waals surface area contributed by atoms with Crippen LogP contribution in [0.1, 0.15) is 53.6 Å². The van der Waals surface area contributed by atoms with Crippen molar-refractivity contribution in [3.05, 3.63) is 94.3 Å². The number of Topliss-reactive ketones (excluding diaryl/α,β-unsaturated/α-hetero) is 1. The van der Waals surface area contributed by atoms with Crippen LogP contribution in [0.3, 0.4) is 0 Å². The van der Waals surface area contributed by atoms with Gasteiger partial charge < -0.3 is 19.5 Å². The standard InChI is InChI=1S/C29H30N2O5/c1-17(2)21-14-22(18(3)13-24(21)36-5)27(32)25-26(19-10-8-12-30-15-19)31(29(34)28(25)33)16-20-9-6-7-11-23(20)35-4/h6-15,17,26,32H,16H2,1-5H3/b27-25+. The molecule has 36 heavy (non-hydrogen) atoms. The van der Waals surface area contributed by atoms with Gasteiger partial charge in [-0.15, -0.1) is 0 Å². The minimum absolute atomic E-state index is 0.0332. The number of ether oxygens (including phenoxy) is 2. The number of pyridine rings is 1. The molecule has 3 aromatic rings.